The van der Waals surface area contributed by atoms with Gasteiger partial charge in [-0.15, -0.1) is 0 Å². The number of hydrogen-bond donors (Lipinski definition) is 4. The van der Waals surface area contributed by atoms with Crippen LogP contribution in [0, 0.1) is 5.41 Å². The Morgan fingerprint density at radius 3 is 2.36 bits per heavy atom. The first-order chi connectivity index (χ1) is 18.6. The molecule has 0 aliphatic carbocycles. The van der Waals surface area contributed by atoms with E-state index in [1.54, 1.807) is 34.1 Å². The van der Waals surface area contributed by atoms with Crippen LogP contribution in [0.25, 0.3) is 10.8 Å². The molecular formula is C28H34N6O4S. The van der Waals surface area contributed by atoms with Crippen LogP contribution in [-0.2, 0) is 32.6 Å². The van der Waals surface area contributed by atoms with Crippen LogP contribution in [0.2, 0.25) is 0 Å². The summed E-state index contributed by atoms with van der Waals surface area (Å²) in [6.45, 7) is 3.06. The number of nitrogens with one attached hydrogen (secondary N) is 3. The maximum absolute atomic E-state index is 13.5. The normalized spacial score (nSPS) is 14.8. The van der Waals surface area contributed by atoms with Crippen LogP contribution < -0.4 is 15.2 Å². The zero-order valence-electron chi connectivity index (χ0n) is 21.9. The van der Waals surface area contributed by atoms with Crippen molar-refractivity contribution < 1.29 is 18.0 Å². The molecule has 10 nitrogen and oxygen atoms in total. The maximum atomic E-state index is 13.5. The van der Waals surface area contributed by atoms with Crippen LogP contribution in [0.15, 0.2) is 66.7 Å². The SMILES string of the molecule is CC(=O)N1CCN(C(=O)C(Cc2cccc(C(=N)N)c2)NS(=O)(=O)NCCc2cccc3ccccc23)CC1. The Kier molecular flexibility index (Phi) is 8.95. The first kappa shape index (κ1) is 28.2. The Balaban J connectivity index is 1.47. The predicted molar refractivity (Wildman–Crippen MR) is 151 cm³/mol. The molecular weight excluding hydrogens is 516 g/mol. The molecule has 1 unspecified atom stereocenters. The summed E-state index contributed by atoms with van der Waals surface area (Å²) in [6.07, 6.45) is 0.561. The quantitative estimate of drug-likeness (QED) is 0.222. The minimum absolute atomic E-state index is 0.0594. The number of piperazine rings is 1. The molecule has 0 aromatic heterocycles. The van der Waals surface area contributed by atoms with Gasteiger partial charge < -0.3 is 15.5 Å². The van der Waals surface area contributed by atoms with E-state index >= 15 is 0 Å². The lowest BCUT2D eigenvalue weighted by Crippen LogP contribution is -2.57. The van der Waals surface area contributed by atoms with Gasteiger partial charge in [0.1, 0.15) is 11.9 Å². The Bertz CT molecular complexity index is 1460. The summed E-state index contributed by atoms with van der Waals surface area (Å²) < 4.78 is 31.3. The van der Waals surface area contributed by atoms with Crippen molar-refractivity contribution >= 4 is 38.6 Å². The number of nitrogens with two attached hydrogens (primary N) is 1. The highest BCUT2D eigenvalue weighted by atomic mass is 32.2. The first-order valence-corrected chi connectivity index (χ1v) is 14.3. The van der Waals surface area contributed by atoms with E-state index < -0.39 is 16.3 Å². The number of fused-ring (bicyclic) bond motifs is 1. The van der Waals surface area contributed by atoms with Gasteiger partial charge in [0.15, 0.2) is 0 Å². The standard InChI is InChI=1S/C28H34N6O4S/c1-20(35)33-14-16-34(17-15-33)28(36)26(19-21-6-4-10-24(18-21)27(29)30)32-39(37,38)31-13-12-23-9-5-8-22-7-2-3-11-25(22)23/h2-11,18,26,31-32H,12-17,19H2,1H3,(H3,29,30). The molecule has 5 N–H and O–H groups in total. The Morgan fingerprint density at radius 1 is 0.974 bits per heavy atom. The third-order valence-electron chi connectivity index (χ3n) is 6.88. The molecule has 3 aromatic rings. The third kappa shape index (κ3) is 7.41. The lowest BCUT2D eigenvalue weighted by Gasteiger charge is -2.36. The van der Waals surface area contributed by atoms with Gasteiger partial charge in [0.05, 0.1) is 0 Å². The second-order valence-corrected chi connectivity index (χ2v) is 11.1. The summed E-state index contributed by atoms with van der Waals surface area (Å²) in [4.78, 5) is 28.5. The molecule has 11 heteroatoms. The van der Waals surface area contributed by atoms with Gasteiger partial charge in [0.25, 0.3) is 10.2 Å². The monoisotopic (exact) mass is 550 g/mol. The maximum Gasteiger partial charge on any atom is 0.277 e. The Hall–Kier alpha value is -3.80. The fraction of sp³-hybridized carbons (Fsp3) is 0.321. The highest BCUT2D eigenvalue weighted by molar-refractivity contribution is 7.87. The molecule has 1 aliphatic rings. The Labute approximate surface area is 228 Å². The van der Waals surface area contributed by atoms with Gasteiger partial charge >= 0.3 is 0 Å². The van der Waals surface area contributed by atoms with Crippen molar-refractivity contribution in [3.05, 3.63) is 83.4 Å². The minimum atomic E-state index is -4.04. The van der Waals surface area contributed by atoms with Gasteiger partial charge in [-0.3, -0.25) is 15.0 Å². The molecule has 206 valence electrons. The zero-order valence-corrected chi connectivity index (χ0v) is 22.7. The summed E-state index contributed by atoms with van der Waals surface area (Å²) in [6, 6.07) is 19.6. The molecule has 1 fully saturated rings. The fourth-order valence-corrected chi connectivity index (χ4v) is 5.82. The number of hydrogen-bond acceptors (Lipinski definition) is 5. The molecule has 4 rings (SSSR count). The summed E-state index contributed by atoms with van der Waals surface area (Å²) in [5.74, 6) is -0.544. The van der Waals surface area contributed by atoms with Crippen LogP contribution in [0.5, 0.6) is 0 Å². The molecule has 3 aromatic carbocycles. The van der Waals surface area contributed by atoms with Gasteiger partial charge in [-0.25, -0.2) is 4.72 Å². The number of nitrogens with zero attached hydrogens (tertiary/aromatic N) is 2. The van der Waals surface area contributed by atoms with Crippen LogP contribution in [0.1, 0.15) is 23.6 Å². The van der Waals surface area contributed by atoms with E-state index in [1.807, 2.05) is 42.5 Å². The summed E-state index contributed by atoms with van der Waals surface area (Å²) in [5, 5.41) is 9.85. The number of rotatable bonds is 10. The highest BCUT2D eigenvalue weighted by Crippen LogP contribution is 2.19. The van der Waals surface area contributed by atoms with Gasteiger partial charge in [-0.2, -0.15) is 13.1 Å². The van der Waals surface area contributed by atoms with E-state index in [0.29, 0.717) is 43.7 Å². The average molecular weight is 551 g/mol. The zero-order chi connectivity index (χ0) is 28.0. The fourth-order valence-electron chi connectivity index (χ4n) is 4.80. The molecule has 1 aliphatic heterocycles. The van der Waals surface area contributed by atoms with Crippen LogP contribution in [-0.4, -0.2) is 74.6 Å². The second-order valence-electron chi connectivity index (χ2n) is 9.61. The van der Waals surface area contributed by atoms with Gasteiger partial charge in [-0.1, -0.05) is 60.7 Å². The average Bonchev–Trinajstić information content (AvgIpc) is 2.92. The topological polar surface area (TPSA) is 149 Å². The van der Waals surface area contributed by atoms with Gasteiger partial charge in [0, 0.05) is 45.2 Å². The van der Waals surface area contributed by atoms with E-state index in [-0.39, 0.29) is 30.6 Å². The number of nitrogen functional groups attached to an aromatic ring is 1. The summed E-state index contributed by atoms with van der Waals surface area (Å²) in [5.41, 5.74) is 7.80. The number of amidine groups is 1. The van der Waals surface area contributed by atoms with E-state index in [9.17, 15) is 18.0 Å². The van der Waals surface area contributed by atoms with Crippen LogP contribution >= 0.6 is 0 Å². The molecule has 0 spiro atoms. The number of carbonyl (C=O) groups is 2. The molecule has 1 atom stereocenters. The van der Waals surface area contributed by atoms with Crippen molar-refractivity contribution in [1.82, 2.24) is 19.2 Å². The van der Waals surface area contributed by atoms with Crippen molar-refractivity contribution in [1.29, 1.82) is 5.41 Å². The molecule has 0 radical (unpaired) electrons. The van der Waals surface area contributed by atoms with E-state index in [1.165, 1.54) is 6.92 Å². The van der Waals surface area contributed by atoms with Crippen molar-refractivity contribution in [2.24, 2.45) is 5.73 Å². The third-order valence-corrected chi connectivity index (χ3v) is 8.06. The largest absolute Gasteiger partial charge is 0.384 e. The predicted octanol–water partition coefficient (Wildman–Crippen LogP) is 1.39. The number of benzene rings is 3. The smallest absolute Gasteiger partial charge is 0.277 e. The lowest BCUT2D eigenvalue weighted by molar-refractivity contribution is -0.139. The van der Waals surface area contributed by atoms with Crippen LogP contribution in [0.3, 0.4) is 0 Å². The van der Waals surface area contributed by atoms with E-state index in [0.717, 1.165) is 16.3 Å². The first-order valence-electron chi connectivity index (χ1n) is 12.8. The number of carbonyl (C=O) groups excluding carboxylic acids is 2. The minimum Gasteiger partial charge on any atom is -0.384 e. The molecule has 1 saturated heterocycles. The highest BCUT2D eigenvalue weighted by Gasteiger charge is 2.31. The van der Waals surface area contributed by atoms with Crippen molar-refractivity contribution in [2.45, 2.75) is 25.8 Å². The summed E-state index contributed by atoms with van der Waals surface area (Å²) >= 11 is 0. The van der Waals surface area contributed by atoms with Crippen molar-refractivity contribution in [3.63, 3.8) is 0 Å². The lowest BCUT2D eigenvalue weighted by atomic mass is 10.0. The van der Waals surface area contributed by atoms with Gasteiger partial charge in [0.2, 0.25) is 11.8 Å². The molecule has 39 heavy (non-hydrogen) atoms. The van der Waals surface area contributed by atoms with Crippen molar-refractivity contribution in [2.75, 3.05) is 32.7 Å². The Morgan fingerprint density at radius 2 is 1.64 bits per heavy atom. The molecule has 0 bridgehead atoms. The van der Waals surface area contributed by atoms with Gasteiger partial charge in [-0.05, 0) is 40.8 Å². The number of amides is 2. The molecule has 0 saturated carbocycles. The van der Waals surface area contributed by atoms with E-state index in [2.05, 4.69) is 9.44 Å². The van der Waals surface area contributed by atoms with Crippen molar-refractivity contribution in [3.8, 4) is 0 Å². The molecule has 2 amide bonds. The second kappa shape index (κ2) is 12.4. The summed E-state index contributed by atoms with van der Waals surface area (Å²) in [7, 11) is -4.04. The van der Waals surface area contributed by atoms with Crippen LogP contribution in [0.4, 0.5) is 0 Å². The van der Waals surface area contributed by atoms with E-state index in [4.69, 9.17) is 11.1 Å². The molecule has 1 heterocycles.